The van der Waals surface area contributed by atoms with Crippen molar-refractivity contribution < 1.29 is 13.7 Å². The molecule has 2 saturated heterocycles. The van der Waals surface area contributed by atoms with Gasteiger partial charge in [0.25, 0.3) is 0 Å². The number of hydrogen-bond acceptors (Lipinski definition) is 3. The second kappa shape index (κ2) is 6.32. The maximum absolute atomic E-state index is 13.4. The standard InChI is InChI=1S/C20H22O3S/c1-23-18-10-9-13-5-2-3-8-17(13)19(18)20(21)14-11-15-6-4-7-16(12-14)24(15)22/h2-3,5,8-10,14-16H,4,6-7,11-12H2,1H3. The molecule has 0 aliphatic carbocycles. The number of Topliss-reactive ketones (excluding diaryl/α,β-unsaturated/α-hetero) is 1. The van der Waals surface area contributed by atoms with Crippen molar-refractivity contribution in [2.45, 2.75) is 42.6 Å². The maximum atomic E-state index is 13.4. The predicted octanol–water partition coefficient (Wildman–Crippen LogP) is 4.11. The number of benzene rings is 2. The molecule has 0 amide bonds. The van der Waals surface area contributed by atoms with Gasteiger partial charge in [-0.1, -0.05) is 36.8 Å². The van der Waals surface area contributed by atoms with Crippen LogP contribution in [0, 0.1) is 5.92 Å². The zero-order chi connectivity index (χ0) is 16.7. The highest BCUT2D eigenvalue weighted by atomic mass is 32.2. The molecule has 24 heavy (non-hydrogen) atoms. The van der Waals surface area contributed by atoms with Crippen LogP contribution in [-0.2, 0) is 10.8 Å². The minimum Gasteiger partial charge on any atom is -0.496 e. The molecule has 2 aromatic carbocycles. The first-order chi connectivity index (χ1) is 11.7. The van der Waals surface area contributed by atoms with Gasteiger partial charge in [-0.2, -0.15) is 0 Å². The molecule has 0 N–H and O–H groups in total. The molecule has 4 rings (SSSR count). The van der Waals surface area contributed by atoms with E-state index in [0.717, 1.165) is 42.9 Å². The van der Waals surface area contributed by atoms with Crippen LogP contribution in [-0.4, -0.2) is 27.6 Å². The van der Waals surface area contributed by atoms with Crippen molar-refractivity contribution in [2.75, 3.05) is 7.11 Å². The molecule has 2 heterocycles. The Morgan fingerprint density at radius 3 is 2.50 bits per heavy atom. The summed E-state index contributed by atoms with van der Waals surface area (Å²) in [5.74, 6) is 0.783. The first kappa shape index (κ1) is 15.8. The number of methoxy groups -OCH3 is 1. The molecule has 0 radical (unpaired) electrons. The summed E-state index contributed by atoms with van der Waals surface area (Å²) < 4.78 is 17.9. The van der Waals surface area contributed by atoms with Crippen LogP contribution in [0.2, 0.25) is 0 Å². The largest absolute Gasteiger partial charge is 0.496 e. The van der Waals surface area contributed by atoms with Crippen LogP contribution >= 0.6 is 0 Å². The van der Waals surface area contributed by atoms with E-state index >= 15 is 0 Å². The van der Waals surface area contributed by atoms with Crippen LogP contribution in [0.5, 0.6) is 5.75 Å². The lowest BCUT2D eigenvalue weighted by molar-refractivity contribution is 0.0894. The third-order valence-corrected chi connectivity index (χ3v) is 7.70. The zero-order valence-electron chi connectivity index (χ0n) is 13.9. The van der Waals surface area contributed by atoms with Crippen molar-refractivity contribution in [3.63, 3.8) is 0 Å². The molecule has 2 atom stereocenters. The van der Waals surface area contributed by atoms with Crippen molar-refractivity contribution in [2.24, 2.45) is 5.92 Å². The molecular weight excluding hydrogens is 320 g/mol. The minimum atomic E-state index is -0.747. The molecule has 0 spiro atoms. The summed E-state index contributed by atoms with van der Waals surface area (Å²) in [5.41, 5.74) is 0.700. The Kier molecular flexibility index (Phi) is 4.17. The van der Waals surface area contributed by atoms with Gasteiger partial charge in [0, 0.05) is 27.2 Å². The highest BCUT2D eigenvalue weighted by Crippen LogP contribution is 2.40. The Morgan fingerprint density at radius 2 is 1.79 bits per heavy atom. The Morgan fingerprint density at radius 1 is 1.08 bits per heavy atom. The van der Waals surface area contributed by atoms with Crippen LogP contribution in [0.25, 0.3) is 10.8 Å². The number of hydrogen-bond donors (Lipinski definition) is 0. The van der Waals surface area contributed by atoms with Gasteiger partial charge in [-0.15, -0.1) is 0 Å². The van der Waals surface area contributed by atoms with Gasteiger partial charge in [-0.05, 0) is 42.5 Å². The van der Waals surface area contributed by atoms with Gasteiger partial charge in [0.05, 0.1) is 12.7 Å². The van der Waals surface area contributed by atoms with E-state index < -0.39 is 10.8 Å². The third kappa shape index (κ3) is 2.57. The van der Waals surface area contributed by atoms with Crippen molar-refractivity contribution in [1.82, 2.24) is 0 Å². The van der Waals surface area contributed by atoms with Gasteiger partial charge >= 0.3 is 0 Å². The first-order valence-electron chi connectivity index (χ1n) is 8.68. The van der Waals surface area contributed by atoms with Crippen molar-refractivity contribution in [3.8, 4) is 5.75 Å². The van der Waals surface area contributed by atoms with E-state index in [9.17, 15) is 9.00 Å². The molecule has 126 valence electrons. The molecule has 3 nitrogen and oxygen atoms in total. The molecule has 2 unspecified atom stereocenters. The second-order valence-corrected chi connectivity index (χ2v) is 8.89. The highest BCUT2D eigenvalue weighted by Gasteiger charge is 2.41. The summed E-state index contributed by atoms with van der Waals surface area (Å²) in [7, 11) is 0.869. The normalized spacial score (nSPS) is 29.4. The third-order valence-electron chi connectivity index (χ3n) is 5.53. The fourth-order valence-corrected chi connectivity index (χ4v) is 6.51. The van der Waals surface area contributed by atoms with Gasteiger partial charge in [0.15, 0.2) is 5.78 Å². The summed E-state index contributed by atoms with van der Waals surface area (Å²) in [6.07, 6.45) is 4.67. The lowest BCUT2D eigenvalue weighted by atomic mass is 9.83. The lowest BCUT2D eigenvalue weighted by Crippen LogP contribution is -2.41. The van der Waals surface area contributed by atoms with Crippen LogP contribution in [0.4, 0.5) is 0 Å². The zero-order valence-corrected chi connectivity index (χ0v) is 14.7. The highest BCUT2D eigenvalue weighted by molar-refractivity contribution is 7.86. The topological polar surface area (TPSA) is 43.4 Å². The molecule has 0 aromatic heterocycles. The molecule has 2 aromatic rings. The molecule has 2 aliphatic rings. The quantitative estimate of drug-likeness (QED) is 0.789. The van der Waals surface area contributed by atoms with Crippen molar-refractivity contribution in [3.05, 3.63) is 42.0 Å². The number of fused-ring (bicyclic) bond motifs is 3. The van der Waals surface area contributed by atoms with E-state index in [2.05, 4.69) is 0 Å². The monoisotopic (exact) mass is 342 g/mol. The Labute approximate surface area is 144 Å². The van der Waals surface area contributed by atoms with Gasteiger partial charge in [0.1, 0.15) is 5.75 Å². The van der Waals surface area contributed by atoms with Gasteiger partial charge in [-0.25, -0.2) is 0 Å². The lowest BCUT2D eigenvalue weighted by Gasteiger charge is -2.37. The van der Waals surface area contributed by atoms with E-state index in [1.165, 1.54) is 0 Å². The van der Waals surface area contributed by atoms with Gasteiger partial charge in [-0.3, -0.25) is 9.00 Å². The predicted molar refractivity (Wildman–Crippen MR) is 97.1 cm³/mol. The number of carbonyl (C=O) groups is 1. The molecule has 4 heteroatoms. The van der Waals surface area contributed by atoms with Gasteiger partial charge in [0.2, 0.25) is 0 Å². The average molecular weight is 342 g/mol. The van der Waals surface area contributed by atoms with Crippen LogP contribution in [0.15, 0.2) is 36.4 Å². The van der Waals surface area contributed by atoms with Crippen LogP contribution < -0.4 is 4.74 Å². The smallest absolute Gasteiger partial charge is 0.170 e. The number of ether oxygens (including phenoxy) is 1. The maximum Gasteiger partial charge on any atom is 0.170 e. The Balaban J connectivity index is 1.74. The van der Waals surface area contributed by atoms with Crippen molar-refractivity contribution in [1.29, 1.82) is 0 Å². The fourth-order valence-electron chi connectivity index (χ4n) is 4.33. The van der Waals surface area contributed by atoms with E-state index in [-0.39, 0.29) is 22.2 Å². The summed E-state index contributed by atoms with van der Waals surface area (Å²) in [6.45, 7) is 0. The molecule has 2 fully saturated rings. The fraction of sp³-hybridized carbons (Fsp3) is 0.450. The van der Waals surface area contributed by atoms with E-state index in [1.807, 2.05) is 36.4 Å². The van der Waals surface area contributed by atoms with E-state index in [4.69, 9.17) is 4.74 Å². The number of ketones is 1. The van der Waals surface area contributed by atoms with Crippen LogP contribution in [0.3, 0.4) is 0 Å². The molecular formula is C20H22O3S. The summed E-state index contributed by atoms with van der Waals surface area (Å²) >= 11 is 0. The number of rotatable bonds is 3. The first-order valence-corrected chi connectivity index (χ1v) is 9.96. The minimum absolute atomic E-state index is 0.0299. The average Bonchev–Trinajstić information content (AvgIpc) is 2.60. The molecule has 2 bridgehead atoms. The van der Waals surface area contributed by atoms with Gasteiger partial charge < -0.3 is 4.74 Å². The van der Waals surface area contributed by atoms with Crippen molar-refractivity contribution >= 4 is 27.4 Å². The van der Waals surface area contributed by atoms with E-state index in [1.54, 1.807) is 7.11 Å². The van der Waals surface area contributed by atoms with Crippen LogP contribution in [0.1, 0.15) is 42.5 Å². The molecule has 2 aliphatic heterocycles. The summed E-state index contributed by atoms with van der Waals surface area (Å²) in [5, 5.41) is 2.42. The summed E-state index contributed by atoms with van der Waals surface area (Å²) in [4.78, 5) is 13.4. The molecule has 0 saturated carbocycles. The Hall–Kier alpha value is -1.68. The second-order valence-electron chi connectivity index (χ2n) is 6.90. The SMILES string of the molecule is COc1ccc2ccccc2c1C(=O)C1CC2CCCC(C1)S2=O. The van der Waals surface area contributed by atoms with E-state index in [0.29, 0.717) is 11.3 Å². The number of carbonyl (C=O) groups excluding carboxylic acids is 1. The summed E-state index contributed by atoms with van der Waals surface area (Å²) in [6, 6.07) is 11.8. The Bertz CT molecular complexity index is 798.